The van der Waals surface area contributed by atoms with Gasteiger partial charge < -0.3 is 4.90 Å². The van der Waals surface area contributed by atoms with Gasteiger partial charge in [0.1, 0.15) is 0 Å². The van der Waals surface area contributed by atoms with Crippen molar-refractivity contribution >= 4 is 27.8 Å². The lowest BCUT2D eigenvalue weighted by Gasteiger charge is -2.28. The van der Waals surface area contributed by atoms with Crippen LogP contribution in [-0.2, 0) is 10.8 Å². The molecule has 0 bridgehead atoms. The summed E-state index contributed by atoms with van der Waals surface area (Å²) in [6.45, 7) is 9.63. The summed E-state index contributed by atoms with van der Waals surface area (Å²) in [6, 6.07) is 65.1. The molecule has 1 nitrogen and oxygen atoms in total. The highest BCUT2D eigenvalue weighted by Crippen LogP contribution is 2.61. The van der Waals surface area contributed by atoms with Gasteiger partial charge in [-0.1, -0.05) is 167 Å². The Morgan fingerprint density at radius 1 is 0.321 bits per heavy atom. The summed E-state index contributed by atoms with van der Waals surface area (Å²) >= 11 is 0. The van der Waals surface area contributed by atoms with E-state index in [2.05, 4.69) is 209 Å². The standard InChI is InChI=1S/C52H41N/c1-51(2)44-22-14-13-21-42(44)49-46(51)33-47-50(48(49)37-18-9-6-10-19-37)43-32-41(29-30-45(43)52(47,3)4)53(40-28-25-35-17-11-12-20-38(35)31-40)39-26-23-36(24-27-39)34-15-7-5-8-16-34/h5-33H,1-4H3. The number of nitrogens with zero attached hydrogens (tertiary/aromatic N) is 1. The molecule has 10 rings (SSSR count). The van der Waals surface area contributed by atoms with Gasteiger partial charge in [-0.25, -0.2) is 0 Å². The molecule has 0 aromatic heterocycles. The van der Waals surface area contributed by atoms with Gasteiger partial charge in [-0.2, -0.15) is 0 Å². The minimum atomic E-state index is -0.169. The first-order valence-corrected chi connectivity index (χ1v) is 18.8. The maximum atomic E-state index is 2.56. The third-order valence-electron chi connectivity index (χ3n) is 12.0. The van der Waals surface area contributed by atoms with Crippen molar-refractivity contribution in [2.45, 2.75) is 38.5 Å². The van der Waals surface area contributed by atoms with E-state index in [1.54, 1.807) is 0 Å². The molecule has 0 N–H and O–H groups in total. The van der Waals surface area contributed by atoms with E-state index in [1.807, 2.05) is 0 Å². The van der Waals surface area contributed by atoms with Crippen molar-refractivity contribution in [3.63, 3.8) is 0 Å². The summed E-state index contributed by atoms with van der Waals surface area (Å²) in [5.74, 6) is 0. The molecule has 0 radical (unpaired) electrons. The molecule has 0 unspecified atom stereocenters. The Bertz CT molecular complexity index is 2700. The second kappa shape index (κ2) is 11.7. The van der Waals surface area contributed by atoms with Gasteiger partial charge in [-0.3, -0.25) is 0 Å². The molecule has 8 aromatic rings. The fraction of sp³-hybridized carbons (Fsp3) is 0.115. The molecule has 0 amide bonds. The smallest absolute Gasteiger partial charge is 0.0468 e. The molecule has 1 heteroatoms. The topological polar surface area (TPSA) is 3.24 Å². The molecule has 0 aliphatic heterocycles. The first kappa shape index (κ1) is 31.5. The van der Waals surface area contributed by atoms with E-state index >= 15 is 0 Å². The third-order valence-corrected chi connectivity index (χ3v) is 12.0. The number of benzene rings is 8. The SMILES string of the molecule is CC1(C)c2ccccc2-c2c1cc1c(c2-c2ccccc2)-c2cc(N(c3ccc(-c4ccccc4)cc3)c3ccc4ccccc4c3)ccc2C1(C)C. The molecule has 0 fully saturated rings. The van der Waals surface area contributed by atoms with Gasteiger partial charge in [0.05, 0.1) is 0 Å². The molecular weight excluding hydrogens is 639 g/mol. The third kappa shape index (κ3) is 4.77. The molecule has 2 aliphatic carbocycles. The van der Waals surface area contributed by atoms with E-state index < -0.39 is 0 Å². The minimum Gasteiger partial charge on any atom is -0.310 e. The summed E-state index contributed by atoms with van der Waals surface area (Å²) < 4.78 is 0. The molecular formula is C52H41N. The highest BCUT2D eigenvalue weighted by atomic mass is 15.1. The van der Waals surface area contributed by atoms with Gasteiger partial charge in [0.25, 0.3) is 0 Å². The highest BCUT2D eigenvalue weighted by Gasteiger charge is 2.44. The molecule has 0 saturated carbocycles. The van der Waals surface area contributed by atoms with Crippen molar-refractivity contribution in [1.29, 1.82) is 0 Å². The van der Waals surface area contributed by atoms with Crippen LogP contribution >= 0.6 is 0 Å². The summed E-state index contributed by atoms with van der Waals surface area (Å²) in [5.41, 5.74) is 19.2. The molecule has 0 atom stereocenters. The van der Waals surface area contributed by atoms with Crippen molar-refractivity contribution in [2.24, 2.45) is 0 Å². The second-order valence-electron chi connectivity index (χ2n) is 15.8. The Hall–Kier alpha value is -6.18. The molecule has 254 valence electrons. The van der Waals surface area contributed by atoms with Gasteiger partial charge in [-0.05, 0) is 114 Å². The van der Waals surface area contributed by atoms with Gasteiger partial charge in [0.15, 0.2) is 0 Å². The molecule has 2 aliphatic rings. The van der Waals surface area contributed by atoms with E-state index in [1.165, 1.54) is 77.5 Å². The summed E-state index contributed by atoms with van der Waals surface area (Å²) in [5, 5.41) is 2.47. The van der Waals surface area contributed by atoms with Gasteiger partial charge in [-0.15, -0.1) is 0 Å². The van der Waals surface area contributed by atoms with Crippen LogP contribution in [0.2, 0.25) is 0 Å². The Morgan fingerprint density at radius 3 is 1.55 bits per heavy atom. The zero-order valence-corrected chi connectivity index (χ0v) is 30.7. The lowest BCUT2D eigenvalue weighted by molar-refractivity contribution is 0.639. The van der Waals surface area contributed by atoms with Crippen molar-refractivity contribution < 1.29 is 0 Å². The van der Waals surface area contributed by atoms with Crippen LogP contribution in [0, 0.1) is 0 Å². The highest BCUT2D eigenvalue weighted by molar-refractivity contribution is 6.05. The minimum absolute atomic E-state index is 0.0979. The molecule has 53 heavy (non-hydrogen) atoms. The predicted molar refractivity (Wildman–Crippen MR) is 225 cm³/mol. The lowest BCUT2D eigenvalue weighted by Crippen LogP contribution is -2.19. The van der Waals surface area contributed by atoms with Gasteiger partial charge in [0, 0.05) is 27.9 Å². The lowest BCUT2D eigenvalue weighted by atomic mass is 9.76. The van der Waals surface area contributed by atoms with Crippen molar-refractivity contribution in [1.82, 2.24) is 0 Å². The summed E-state index contributed by atoms with van der Waals surface area (Å²) in [7, 11) is 0. The van der Waals surface area contributed by atoms with E-state index in [4.69, 9.17) is 0 Å². The maximum absolute atomic E-state index is 2.56. The number of anilines is 3. The normalized spacial score (nSPS) is 14.3. The van der Waals surface area contributed by atoms with Gasteiger partial charge in [0.2, 0.25) is 0 Å². The summed E-state index contributed by atoms with van der Waals surface area (Å²) in [4.78, 5) is 2.43. The van der Waals surface area contributed by atoms with Crippen LogP contribution < -0.4 is 4.90 Å². The van der Waals surface area contributed by atoms with Crippen molar-refractivity contribution in [3.8, 4) is 44.5 Å². The van der Waals surface area contributed by atoms with Crippen LogP contribution in [0.1, 0.15) is 49.9 Å². The largest absolute Gasteiger partial charge is 0.310 e. The molecule has 0 heterocycles. The number of hydrogen-bond acceptors (Lipinski definition) is 1. The fourth-order valence-corrected chi connectivity index (χ4v) is 9.28. The van der Waals surface area contributed by atoms with Crippen LogP contribution in [-0.4, -0.2) is 0 Å². The van der Waals surface area contributed by atoms with Gasteiger partial charge >= 0.3 is 0 Å². The van der Waals surface area contributed by atoms with E-state index in [0.29, 0.717) is 0 Å². The molecule has 0 spiro atoms. The fourth-order valence-electron chi connectivity index (χ4n) is 9.28. The van der Waals surface area contributed by atoms with Crippen LogP contribution in [0.15, 0.2) is 176 Å². The number of fused-ring (bicyclic) bond motifs is 7. The quantitative estimate of drug-likeness (QED) is 0.175. The zero-order valence-electron chi connectivity index (χ0n) is 30.7. The first-order valence-electron chi connectivity index (χ1n) is 18.8. The Kier molecular flexibility index (Phi) is 6.94. The monoisotopic (exact) mass is 679 g/mol. The summed E-state index contributed by atoms with van der Waals surface area (Å²) in [6.07, 6.45) is 0. The van der Waals surface area contributed by atoms with Crippen LogP contribution in [0.3, 0.4) is 0 Å². The van der Waals surface area contributed by atoms with Crippen LogP contribution in [0.5, 0.6) is 0 Å². The Labute approximate surface area is 312 Å². The predicted octanol–water partition coefficient (Wildman–Crippen LogP) is 14.3. The molecule has 0 saturated heterocycles. The van der Waals surface area contributed by atoms with E-state index in [0.717, 1.165) is 17.1 Å². The maximum Gasteiger partial charge on any atom is 0.0468 e. The molecule has 8 aromatic carbocycles. The zero-order chi connectivity index (χ0) is 35.9. The number of rotatable bonds is 5. The Morgan fingerprint density at radius 2 is 0.830 bits per heavy atom. The van der Waals surface area contributed by atoms with Crippen molar-refractivity contribution in [3.05, 3.63) is 198 Å². The average molecular weight is 680 g/mol. The second-order valence-corrected chi connectivity index (χ2v) is 15.8. The van der Waals surface area contributed by atoms with Crippen LogP contribution in [0.25, 0.3) is 55.3 Å². The van der Waals surface area contributed by atoms with E-state index in [-0.39, 0.29) is 10.8 Å². The van der Waals surface area contributed by atoms with Crippen LogP contribution in [0.4, 0.5) is 17.1 Å². The Balaban J connectivity index is 1.22. The van der Waals surface area contributed by atoms with E-state index in [9.17, 15) is 0 Å². The average Bonchev–Trinajstić information content (AvgIpc) is 3.57. The number of hydrogen-bond donors (Lipinski definition) is 0. The first-order chi connectivity index (χ1) is 25.8. The van der Waals surface area contributed by atoms with Crippen molar-refractivity contribution in [2.75, 3.05) is 4.90 Å².